The predicted octanol–water partition coefficient (Wildman–Crippen LogP) is 6.56. The standard InChI is InChI=1S/C21H16F13NO3/c1-35(9-14(36)37)8-10-4-3-5-12-11(10)6-7-13(38-2)15(12)16(22,23)17(24,25)18(26,27)19(28,29)20(30,31)21(32,33)34/h3-7H,8-9H2,1-2H3,(H,36,37). The molecule has 0 fully saturated rings. The number of carboxylic acids is 1. The van der Waals surface area contributed by atoms with Gasteiger partial charge in [-0.05, 0) is 29.4 Å². The van der Waals surface area contributed by atoms with E-state index in [1.165, 1.54) is 13.1 Å². The number of hydrogen-bond acceptors (Lipinski definition) is 3. The van der Waals surface area contributed by atoms with Gasteiger partial charge >= 0.3 is 41.8 Å². The Balaban J connectivity index is 2.81. The molecule has 0 saturated heterocycles. The topological polar surface area (TPSA) is 49.8 Å². The SMILES string of the molecule is COc1ccc2c(CN(C)CC(=O)O)cccc2c1C(F)(F)C(F)(F)C(F)(F)C(F)(F)C(F)(F)C(F)(F)F. The van der Waals surface area contributed by atoms with Gasteiger partial charge in [0.15, 0.2) is 0 Å². The fourth-order valence-electron chi connectivity index (χ4n) is 3.54. The van der Waals surface area contributed by atoms with Crippen LogP contribution in [0.3, 0.4) is 0 Å². The Morgan fingerprint density at radius 3 is 1.79 bits per heavy atom. The van der Waals surface area contributed by atoms with Gasteiger partial charge in [-0.15, -0.1) is 0 Å². The first-order chi connectivity index (χ1) is 17.0. The lowest BCUT2D eigenvalue weighted by Gasteiger charge is -2.40. The Bertz CT molecular complexity index is 1190. The van der Waals surface area contributed by atoms with Gasteiger partial charge in [0.25, 0.3) is 0 Å². The zero-order valence-electron chi connectivity index (χ0n) is 18.9. The molecule has 0 radical (unpaired) electrons. The second-order valence-corrected chi connectivity index (χ2v) is 8.09. The molecule has 2 rings (SSSR count). The van der Waals surface area contributed by atoms with Gasteiger partial charge in [0.2, 0.25) is 0 Å². The molecule has 0 aliphatic carbocycles. The molecule has 0 amide bonds. The molecule has 0 unspecified atom stereocenters. The highest BCUT2D eigenvalue weighted by Gasteiger charge is 2.91. The van der Waals surface area contributed by atoms with Crippen LogP contribution in [0.2, 0.25) is 0 Å². The molecule has 0 atom stereocenters. The average Bonchev–Trinajstić information content (AvgIpc) is 2.76. The Kier molecular flexibility index (Phi) is 7.93. The van der Waals surface area contributed by atoms with Crippen molar-refractivity contribution in [2.75, 3.05) is 20.7 Å². The van der Waals surface area contributed by atoms with Crippen LogP contribution in [-0.2, 0) is 17.3 Å². The Morgan fingerprint density at radius 1 is 0.789 bits per heavy atom. The largest absolute Gasteiger partial charge is 0.496 e. The minimum Gasteiger partial charge on any atom is -0.496 e. The van der Waals surface area contributed by atoms with Crippen molar-refractivity contribution in [2.24, 2.45) is 0 Å². The van der Waals surface area contributed by atoms with E-state index in [2.05, 4.69) is 4.74 Å². The summed E-state index contributed by atoms with van der Waals surface area (Å²) in [4.78, 5) is 12.0. The normalized spacial score (nSPS) is 14.3. The number of hydrogen-bond donors (Lipinski definition) is 1. The van der Waals surface area contributed by atoms with Crippen molar-refractivity contribution < 1.29 is 71.7 Å². The third-order valence-corrected chi connectivity index (χ3v) is 5.43. The summed E-state index contributed by atoms with van der Waals surface area (Å²) in [5.41, 5.74) is -2.27. The van der Waals surface area contributed by atoms with Gasteiger partial charge in [0, 0.05) is 6.54 Å². The summed E-state index contributed by atoms with van der Waals surface area (Å²) in [5.74, 6) is -40.6. The first-order valence-corrected chi connectivity index (χ1v) is 9.94. The van der Waals surface area contributed by atoms with Crippen molar-refractivity contribution in [3.05, 3.63) is 41.5 Å². The highest BCUT2D eigenvalue weighted by Crippen LogP contribution is 2.63. The first-order valence-electron chi connectivity index (χ1n) is 9.94. The zero-order chi connectivity index (χ0) is 29.7. The molecule has 17 heteroatoms. The molecule has 0 spiro atoms. The molecule has 2 aromatic carbocycles. The molecule has 2 aromatic rings. The number of carboxylic acid groups (broad SMARTS) is 1. The summed E-state index contributed by atoms with van der Waals surface area (Å²) in [5, 5.41) is 7.37. The summed E-state index contributed by atoms with van der Waals surface area (Å²) in [6, 6.07) is 4.18. The molecule has 1 N–H and O–H groups in total. The number of benzene rings is 2. The van der Waals surface area contributed by atoms with E-state index in [9.17, 15) is 53.1 Å². The summed E-state index contributed by atoms with van der Waals surface area (Å²) in [6.07, 6.45) is -7.51. The molecule has 0 heterocycles. The van der Waals surface area contributed by atoms with Crippen LogP contribution in [0.15, 0.2) is 30.3 Å². The van der Waals surface area contributed by atoms with Crippen LogP contribution in [0.4, 0.5) is 57.1 Å². The van der Waals surface area contributed by atoms with E-state index in [0.717, 1.165) is 17.0 Å². The van der Waals surface area contributed by atoms with Crippen molar-refractivity contribution >= 4 is 16.7 Å². The van der Waals surface area contributed by atoms with Crippen LogP contribution in [-0.4, -0.2) is 66.5 Å². The predicted molar refractivity (Wildman–Crippen MR) is 104 cm³/mol. The van der Waals surface area contributed by atoms with E-state index in [0.29, 0.717) is 19.2 Å². The van der Waals surface area contributed by atoms with Crippen LogP contribution in [0.25, 0.3) is 10.8 Å². The number of aliphatic carboxylic acids is 1. The van der Waals surface area contributed by atoms with Crippen molar-refractivity contribution in [3.63, 3.8) is 0 Å². The minimum absolute atomic E-state index is 0.0602. The van der Waals surface area contributed by atoms with Gasteiger partial charge in [-0.25, -0.2) is 0 Å². The lowest BCUT2D eigenvalue weighted by molar-refractivity contribution is -0.441. The van der Waals surface area contributed by atoms with Crippen molar-refractivity contribution in [1.82, 2.24) is 4.90 Å². The molecular formula is C21H16F13NO3. The fourth-order valence-corrected chi connectivity index (χ4v) is 3.54. The lowest BCUT2D eigenvalue weighted by atomic mass is 9.87. The second-order valence-electron chi connectivity index (χ2n) is 8.09. The summed E-state index contributed by atoms with van der Waals surface area (Å²) in [6.45, 7) is -0.967. The van der Waals surface area contributed by atoms with E-state index in [4.69, 9.17) is 5.11 Å². The van der Waals surface area contributed by atoms with Gasteiger partial charge in [0.05, 0.1) is 19.2 Å². The van der Waals surface area contributed by atoms with Crippen LogP contribution < -0.4 is 4.74 Å². The van der Waals surface area contributed by atoms with Crippen molar-refractivity contribution in [1.29, 1.82) is 0 Å². The van der Waals surface area contributed by atoms with Gasteiger partial charge in [0.1, 0.15) is 5.75 Å². The summed E-state index contributed by atoms with van der Waals surface area (Å²) >= 11 is 0. The molecule has 4 nitrogen and oxygen atoms in total. The smallest absolute Gasteiger partial charge is 0.460 e. The van der Waals surface area contributed by atoms with Crippen molar-refractivity contribution in [3.8, 4) is 5.75 Å². The maximum Gasteiger partial charge on any atom is 0.460 e. The van der Waals surface area contributed by atoms with Gasteiger partial charge < -0.3 is 9.84 Å². The van der Waals surface area contributed by atoms with Crippen LogP contribution in [0.5, 0.6) is 5.75 Å². The van der Waals surface area contributed by atoms with Gasteiger partial charge in [-0.3, -0.25) is 9.69 Å². The first kappa shape index (κ1) is 31.2. The lowest BCUT2D eigenvalue weighted by Crippen LogP contribution is -2.69. The second kappa shape index (κ2) is 9.64. The highest BCUT2D eigenvalue weighted by atomic mass is 19.4. The molecular weight excluding hydrogens is 561 g/mol. The number of rotatable bonds is 10. The average molecular weight is 577 g/mol. The van der Waals surface area contributed by atoms with E-state index >= 15 is 8.78 Å². The van der Waals surface area contributed by atoms with E-state index in [1.807, 2.05) is 0 Å². The number of likely N-dealkylation sites (N-methyl/N-ethyl adjacent to an activating group) is 1. The van der Waals surface area contributed by atoms with Crippen LogP contribution >= 0.6 is 0 Å². The van der Waals surface area contributed by atoms with Gasteiger partial charge in [-0.2, -0.15) is 57.1 Å². The quantitative estimate of drug-likeness (QED) is 0.325. The van der Waals surface area contributed by atoms with Crippen LogP contribution in [0.1, 0.15) is 11.1 Å². The number of ether oxygens (including phenoxy) is 1. The molecule has 0 bridgehead atoms. The molecule has 0 aliphatic heterocycles. The maximum atomic E-state index is 15.1. The third kappa shape index (κ3) is 4.68. The number of halogens is 13. The molecule has 214 valence electrons. The van der Waals surface area contributed by atoms with E-state index in [1.54, 1.807) is 0 Å². The monoisotopic (exact) mass is 577 g/mol. The van der Waals surface area contributed by atoms with Crippen LogP contribution in [0, 0.1) is 0 Å². The maximum absolute atomic E-state index is 15.1. The van der Waals surface area contributed by atoms with E-state index < -0.39 is 70.4 Å². The number of alkyl halides is 13. The molecule has 0 aliphatic rings. The van der Waals surface area contributed by atoms with Gasteiger partial charge in [-0.1, -0.05) is 24.3 Å². The summed E-state index contributed by atoms with van der Waals surface area (Å²) in [7, 11) is 1.82. The fraction of sp³-hybridized carbons (Fsp3) is 0.476. The minimum atomic E-state index is -8.03. The Hall–Kier alpha value is -2.98. The number of carbonyl (C=O) groups is 1. The number of fused-ring (bicyclic) bond motifs is 1. The highest BCUT2D eigenvalue weighted by molar-refractivity contribution is 5.91. The number of methoxy groups -OCH3 is 1. The van der Waals surface area contributed by atoms with Crippen molar-refractivity contribution in [2.45, 2.75) is 42.3 Å². The molecule has 0 aromatic heterocycles. The molecule has 38 heavy (non-hydrogen) atoms. The Labute approximate surface area is 204 Å². The number of nitrogens with zero attached hydrogens (tertiary/aromatic N) is 1. The molecule has 0 saturated carbocycles. The van der Waals surface area contributed by atoms with E-state index in [-0.39, 0.29) is 12.1 Å². The zero-order valence-corrected chi connectivity index (χ0v) is 18.9. The summed E-state index contributed by atoms with van der Waals surface area (Å²) < 4.78 is 183. The third-order valence-electron chi connectivity index (χ3n) is 5.43. The Morgan fingerprint density at radius 2 is 1.32 bits per heavy atom.